The Hall–Kier alpha value is -1.95. The van der Waals surface area contributed by atoms with Gasteiger partial charge in [0.2, 0.25) is 0 Å². The highest BCUT2D eigenvalue weighted by atomic mass is 35.5. The van der Waals surface area contributed by atoms with Crippen LogP contribution in [-0.2, 0) is 6.54 Å². The molecule has 0 aromatic carbocycles. The van der Waals surface area contributed by atoms with Crippen molar-refractivity contribution in [2.45, 2.75) is 6.54 Å². The molecule has 0 aliphatic carbocycles. The fourth-order valence-electron chi connectivity index (χ4n) is 1.04. The molecule has 82 valence electrons. The van der Waals surface area contributed by atoms with Gasteiger partial charge in [-0.1, -0.05) is 16.8 Å². The number of nitrogens with zero attached hydrogens (tertiary/aromatic N) is 3. The van der Waals surface area contributed by atoms with E-state index in [1.807, 2.05) is 0 Å². The van der Waals surface area contributed by atoms with Crippen molar-refractivity contribution >= 4 is 17.5 Å². The van der Waals surface area contributed by atoms with E-state index in [9.17, 15) is 4.79 Å². The Morgan fingerprint density at radius 3 is 3.06 bits per heavy atom. The highest BCUT2D eigenvalue weighted by Gasteiger charge is 2.08. The lowest BCUT2D eigenvalue weighted by Crippen LogP contribution is -2.24. The third-order valence-corrected chi connectivity index (χ3v) is 1.94. The molecule has 0 fully saturated rings. The molecule has 6 nitrogen and oxygen atoms in total. The average molecular weight is 239 g/mol. The molecule has 2 heterocycles. The molecular weight excluding hydrogens is 232 g/mol. The molecule has 0 spiro atoms. The number of rotatable bonds is 3. The molecular formula is C9H7ClN4O2. The van der Waals surface area contributed by atoms with Crippen molar-refractivity contribution in [3.05, 3.63) is 41.3 Å². The zero-order chi connectivity index (χ0) is 11.4. The van der Waals surface area contributed by atoms with Gasteiger partial charge >= 0.3 is 0 Å². The van der Waals surface area contributed by atoms with Crippen LogP contribution in [0.2, 0.25) is 5.15 Å². The van der Waals surface area contributed by atoms with Crippen LogP contribution in [0.1, 0.15) is 16.2 Å². The highest BCUT2D eigenvalue weighted by molar-refractivity contribution is 6.29. The first kappa shape index (κ1) is 10.6. The summed E-state index contributed by atoms with van der Waals surface area (Å²) in [7, 11) is 0. The first-order chi connectivity index (χ1) is 7.75. The molecule has 1 amide bonds. The summed E-state index contributed by atoms with van der Waals surface area (Å²) >= 11 is 5.61. The number of carbonyl (C=O) groups excluding carboxylic acids is 1. The van der Waals surface area contributed by atoms with Crippen molar-refractivity contribution in [3.63, 3.8) is 0 Å². The van der Waals surface area contributed by atoms with Crippen molar-refractivity contribution in [1.29, 1.82) is 0 Å². The summed E-state index contributed by atoms with van der Waals surface area (Å²) in [6.45, 7) is 0.267. The number of hydrogen-bond donors (Lipinski definition) is 1. The number of halogens is 1. The minimum Gasteiger partial charge on any atom is -0.364 e. The van der Waals surface area contributed by atoms with E-state index < -0.39 is 0 Å². The van der Waals surface area contributed by atoms with Crippen LogP contribution in [0.4, 0.5) is 0 Å². The van der Waals surface area contributed by atoms with Crippen LogP contribution >= 0.6 is 11.6 Å². The Labute approximate surface area is 95.6 Å². The first-order valence-electron chi connectivity index (χ1n) is 4.41. The maximum Gasteiger partial charge on any atom is 0.271 e. The van der Waals surface area contributed by atoms with Crippen molar-refractivity contribution in [2.24, 2.45) is 0 Å². The number of nitrogens with one attached hydrogen (secondary N) is 1. The van der Waals surface area contributed by atoms with Gasteiger partial charge in [0, 0.05) is 6.07 Å². The van der Waals surface area contributed by atoms with E-state index in [-0.39, 0.29) is 23.3 Å². The minimum atomic E-state index is -0.363. The van der Waals surface area contributed by atoms with Crippen LogP contribution in [0.25, 0.3) is 0 Å². The molecule has 0 bridgehead atoms. The summed E-state index contributed by atoms with van der Waals surface area (Å²) in [5.74, 6) is -0.363. The second-order valence-corrected chi connectivity index (χ2v) is 3.29. The van der Waals surface area contributed by atoms with Gasteiger partial charge in [-0.05, 0) is 0 Å². The summed E-state index contributed by atoms with van der Waals surface area (Å²) in [5, 5.41) is 6.43. The van der Waals surface area contributed by atoms with E-state index >= 15 is 0 Å². The van der Waals surface area contributed by atoms with E-state index in [1.54, 1.807) is 6.07 Å². The second-order valence-electron chi connectivity index (χ2n) is 2.90. The van der Waals surface area contributed by atoms with E-state index in [1.165, 1.54) is 18.7 Å². The lowest BCUT2D eigenvalue weighted by Gasteiger charge is -2.01. The number of aromatic nitrogens is 3. The van der Waals surface area contributed by atoms with Gasteiger partial charge in [0.15, 0.2) is 0 Å². The van der Waals surface area contributed by atoms with Crippen molar-refractivity contribution < 1.29 is 9.32 Å². The summed E-state index contributed by atoms with van der Waals surface area (Å²) in [5.41, 5.74) is 0.791. The normalized spacial score (nSPS) is 10.1. The minimum absolute atomic E-state index is 0.163. The molecule has 0 aliphatic rings. The smallest absolute Gasteiger partial charge is 0.271 e. The lowest BCUT2D eigenvalue weighted by molar-refractivity contribution is 0.0944. The van der Waals surface area contributed by atoms with E-state index in [0.717, 1.165) is 0 Å². The Morgan fingerprint density at radius 1 is 1.50 bits per heavy atom. The molecule has 16 heavy (non-hydrogen) atoms. The lowest BCUT2D eigenvalue weighted by atomic mass is 10.4. The van der Waals surface area contributed by atoms with Crippen LogP contribution in [0, 0.1) is 0 Å². The summed E-state index contributed by atoms with van der Waals surface area (Å²) in [6, 6.07) is 1.66. The third kappa shape index (κ3) is 2.54. The van der Waals surface area contributed by atoms with Gasteiger partial charge in [0.25, 0.3) is 5.91 Å². The molecule has 1 N–H and O–H groups in total. The fraction of sp³-hybridized carbons (Fsp3) is 0.111. The van der Waals surface area contributed by atoms with Crippen LogP contribution in [0.5, 0.6) is 0 Å². The Morgan fingerprint density at radius 2 is 2.38 bits per heavy atom. The van der Waals surface area contributed by atoms with Gasteiger partial charge in [-0.3, -0.25) is 9.78 Å². The van der Waals surface area contributed by atoms with E-state index in [4.69, 9.17) is 11.6 Å². The summed E-state index contributed by atoms with van der Waals surface area (Å²) < 4.78 is 4.62. The van der Waals surface area contributed by atoms with Crippen LogP contribution in [0.15, 0.2) is 29.2 Å². The standard InChI is InChI=1S/C9H7ClN4O2/c10-8-5-11-4-7(13-8)9(15)12-3-6-1-2-16-14-6/h1-2,4-5H,3H2,(H,12,15). The van der Waals surface area contributed by atoms with E-state index in [2.05, 4.69) is 25.0 Å². The highest BCUT2D eigenvalue weighted by Crippen LogP contribution is 2.02. The van der Waals surface area contributed by atoms with Gasteiger partial charge in [-0.25, -0.2) is 4.98 Å². The van der Waals surface area contributed by atoms with Crippen molar-refractivity contribution in [1.82, 2.24) is 20.4 Å². The largest absolute Gasteiger partial charge is 0.364 e. The number of amides is 1. The maximum atomic E-state index is 11.6. The third-order valence-electron chi connectivity index (χ3n) is 1.76. The van der Waals surface area contributed by atoms with Gasteiger partial charge < -0.3 is 9.84 Å². The van der Waals surface area contributed by atoms with E-state index in [0.29, 0.717) is 5.69 Å². The van der Waals surface area contributed by atoms with Crippen molar-refractivity contribution in [3.8, 4) is 0 Å². The number of hydrogen-bond acceptors (Lipinski definition) is 5. The van der Waals surface area contributed by atoms with Crippen LogP contribution in [-0.4, -0.2) is 21.0 Å². The van der Waals surface area contributed by atoms with Crippen LogP contribution < -0.4 is 5.32 Å². The molecule has 2 aromatic rings. The molecule has 0 saturated heterocycles. The van der Waals surface area contributed by atoms with Crippen molar-refractivity contribution in [2.75, 3.05) is 0 Å². The summed E-state index contributed by atoms with van der Waals surface area (Å²) in [6.07, 6.45) is 4.13. The predicted molar refractivity (Wildman–Crippen MR) is 54.7 cm³/mol. The van der Waals surface area contributed by atoms with Crippen LogP contribution in [0.3, 0.4) is 0 Å². The first-order valence-corrected chi connectivity index (χ1v) is 4.78. The molecule has 7 heteroatoms. The predicted octanol–water partition coefficient (Wildman–Crippen LogP) is 1.05. The van der Waals surface area contributed by atoms with Gasteiger partial charge in [-0.2, -0.15) is 0 Å². The SMILES string of the molecule is O=C(NCc1ccon1)c1cncc(Cl)n1. The van der Waals surface area contributed by atoms with Gasteiger partial charge in [0.1, 0.15) is 22.8 Å². The second kappa shape index (κ2) is 4.71. The molecule has 0 atom stereocenters. The Bertz CT molecular complexity index is 486. The Kier molecular flexibility index (Phi) is 3.11. The molecule has 2 aromatic heterocycles. The Balaban J connectivity index is 1.98. The zero-order valence-corrected chi connectivity index (χ0v) is 8.81. The maximum absolute atomic E-state index is 11.6. The van der Waals surface area contributed by atoms with Gasteiger partial charge in [0.05, 0.1) is 18.9 Å². The van der Waals surface area contributed by atoms with Gasteiger partial charge in [-0.15, -0.1) is 0 Å². The quantitative estimate of drug-likeness (QED) is 0.864. The average Bonchev–Trinajstić information content (AvgIpc) is 2.78. The molecule has 0 radical (unpaired) electrons. The topological polar surface area (TPSA) is 80.9 Å². The molecule has 0 aliphatic heterocycles. The molecule has 0 unspecified atom stereocenters. The summed E-state index contributed by atoms with van der Waals surface area (Å²) in [4.78, 5) is 19.1. The molecule has 2 rings (SSSR count). The monoisotopic (exact) mass is 238 g/mol. The molecule has 0 saturated carbocycles. The number of carbonyl (C=O) groups is 1. The zero-order valence-electron chi connectivity index (χ0n) is 8.05. The fourth-order valence-corrected chi connectivity index (χ4v) is 1.19.